The highest BCUT2D eigenvalue weighted by atomic mass is 19.4. The van der Waals surface area contributed by atoms with E-state index in [0.717, 1.165) is 12.1 Å². The van der Waals surface area contributed by atoms with Gasteiger partial charge in [-0.1, -0.05) is 12.1 Å². The van der Waals surface area contributed by atoms with Crippen LogP contribution in [0.1, 0.15) is 35.8 Å². The van der Waals surface area contributed by atoms with Crippen LogP contribution >= 0.6 is 0 Å². The highest BCUT2D eigenvalue weighted by Gasteiger charge is 2.61. The van der Waals surface area contributed by atoms with Crippen molar-refractivity contribution < 1.29 is 36.3 Å². The fourth-order valence-corrected chi connectivity index (χ4v) is 2.24. The second kappa shape index (κ2) is 8.41. The predicted molar refractivity (Wildman–Crippen MR) is 92.5 cm³/mol. The molecule has 0 aliphatic heterocycles. The van der Waals surface area contributed by atoms with Crippen LogP contribution in [0.3, 0.4) is 0 Å². The van der Waals surface area contributed by atoms with E-state index in [1.54, 1.807) is 0 Å². The molecule has 0 aliphatic rings. The lowest BCUT2D eigenvalue weighted by Crippen LogP contribution is -2.41. The quantitative estimate of drug-likeness (QED) is 0.695. The Hall–Kier alpha value is -3.24. The zero-order chi connectivity index (χ0) is 21.8. The monoisotopic (exact) mass is 417 g/mol. The number of nitrogens with zero attached hydrogens (tertiary/aromatic N) is 1. The van der Waals surface area contributed by atoms with Crippen molar-refractivity contribution in [3.63, 3.8) is 0 Å². The Balaban J connectivity index is 2.12. The number of ether oxygens (including phenoxy) is 1. The van der Waals surface area contributed by atoms with Crippen LogP contribution in [0.2, 0.25) is 0 Å². The van der Waals surface area contributed by atoms with Gasteiger partial charge in [0.1, 0.15) is 11.6 Å². The van der Waals surface area contributed by atoms with Crippen LogP contribution in [0, 0.1) is 0 Å². The van der Waals surface area contributed by atoms with Crippen molar-refractivity contribution in [2.45, 2.75) is 32.2 Å². The molecule has 6 nitrogen and oxygen atoms in total. The zero-order valence-electron chi connectivity index (χ0n) is 15.2. The van der Waals surface area contributed by atoms with Gasteiger partial charge in [0, 0.05) is 18.7 Å². The maximum Gasteiger partial charge on any atom is 0.499 e. The first-order chi connectivity index (χ1) is 13.4. The Morgan fingerprint density at radius 2 is 1.79 bits per heavy atom. The number of carbonyl (C=O) groups excluding carboxylic acids is 2. The summed E-state index contributed by atoms with van der Waals surface area (Å²) in [4.78, 5) is 27.3. The Kier molecular flexibility index (Phi) is 6.40. The Morgan fingerprint density at radius 1 is 1.10 bits per heavy atom. The van der Waals surface area contributed by atoms with Crippen LogP contribution < -0.4 is 15.4 Å². The number of hydrogen-bond donors (Lipinski definition) is 2. The van der Waals surface area contributed by atoms with Crippen molar-refractivity contribution in [1.29, 1.82) is 0 Å². The van der Waals surface area contributed by atoms with Crippen molar-refractivity contribution in [3.8, 4) is 5.75 Å². The Labute approximate surface area is 162 Å². The zero-order valence-corrected chi connectivity index (χ0v) is 15.2. The molecule has 1 unspecified atom stereocenters. The minimum atomic E-state index is -5.87. The summed E-state index contributed by atoms with van der Waals surface area (Å²) < 4.78 is 66.8. The molecule has 0 spiro atoms. The lowest BCUT2D eigenvalue weighted by atomic mass is 10.1. The van der Waals surface area contributed by atoms with Gasteiger partial charge in [-0.2, -0.15) is 22.0 Å². The van der Waals surface area contributed by atoms with E-state index in [2.05, 4.69) is 20.4 Å². The second-order valence-corrected chi connectivity index (χ2v) is 6.00. The summed E-state index contributed by atoms with van der Waals surface area (Å²) in [5.74, 6) is -1.50. The van der Waals surface area contributed by atoms with E-state index in [1.165, 1.54) is 44.3 Å². The molecule has 0 saturated carbocycles. The van der Waals surface area contributed by atoms with Gasteiger partial charge in [-0.05, 0) is 36.8 Å². The van der Waals surface area contributed by atoms with Crippen LogP contribution in [-0.2, 0) is 4.79 Å². The van der Waals surface area contributed by atoms with E-state index >= 15 is 0 Å². The van der Waals surface area contributed by atoms with Crippen molar-refractivity contribution in [1.82, 2.24) is 10.3 Å². The van der Waals surface area contributed by atoms with Crippen molar-refractivity contribution in [2.24, 2.45) is 0 Å². The van der Waals surface area contributed by atoms with Crippen LogP contribution in [0.15, 0.2) is 42.6 Å². The molecule has 156 valence electrons. The van der Waals surface area contributed by atoms with Gasteiger partial charge in [0.2, 0.25) is 5.91 Å². The van der Waals surface area contributed by atoms with Gasteiger partial charge >= 0.3 is 12.3 Å². The Morgan fingerprint density at radius 3 is 2.41 bits per heavy atom. The van der Waals surface area contributed by atoms with Crippen LogP contribution in [0.25, 0.3) is 0 Å². The summed E-state index contributed by atoms with van der Waals surface area (Å²) >= 11 is 0. The average Bonchev–Trinajstić information content (AvgIpc) is 2.60. The highest BCUT2D eigenvalue weighted by molar-refractivity contribution is 5.96. The van der Waals surface area contributed by atoms with E-state index in [9.17, 15) is 31.5 Å². The van der Waals surface area contributed by atoms with Gasteiger partial charge in [-0.3, -0.25) is 9.59 Å². The molecule has 0 aliphatic carbocycles. The summed E-state index contributed by atoms with van der Waals surface area (Å²) in [6, 6.07) is 6.53. The van der Waals surface area contributed by atoms with Crippen molar-refractivity contribution in [3.05, 3.63) is 53.7 Å². The van der Waals surface area contributed by atoms with Gasteiger partial charge in [0.15, 0.2) is 0 Å². The van der Waals surface area contributed by atoms with Gasteiger partial charge < -0.3 is 15.4 Å². The molecule has 1 atom stereocenters. The molecule has 0 bridgehead atoms. The molecule has 0 radical (unpaired) electrons. The molecular formula is C18H16F5N3O3. The largest absolute Gasteiger partial charge is 0.499 e. The molecule has 1 heterocycles. The normalized spacial score (nSPS) is 12.8. The van der Waals surface area contributed by atoms with Crippen molar-refractivity contribution >= 4 is 17.6 Å². The van der Waals surface area contributed by atoms with Gasteiger partial charge in [0.25, 0.3) is 5.91 Å². The third kappa shape index (κ3) is 5.87. The van der Waals surface area contributed by atoms with E-state index in [-0.39, 0.29) is 22.9 Å². The SMILES string of the molecule is CC(=O)Nc1cc(C(=O)NC(C)c2cccc(OC(F)(F)C(F)(F)F)c2)ccn1. The molecule has 0 saturated heterocycles. The number of nitrogens with one attached hydrogen (secondary N) is 2. The number of rotatable bonds is 6. The molecule has 2 rings (SSSR count). The molecular weight excluding hydrogens is 401 g/mol. The van der Waals surface area contributed by atoms with E-state index in [4.69, 9.17) is 0 Å². The second-order valence-electron chi connectivity index (χ2n) is 6.00. The summed E-state index contributed by atoms with van der Waals surface area (Å²) in [5.41, 5.74) is 0.400. The third-order valence-corrected chi connectivity index (χ3v) is 3.61. The summed E-state index contributed by atoms with van der Waals surface area (Å²) in [6.07, 6.45) is -9.91. The first-order valence-corrected chi connectivity index (χ1v) is 8.17. The average molecular weight is 417 g/mol. The van der Waals surface area contributed by atoms with Crippen LogP contribution in [0.4, 0.5) is 27.8 Å². The van der Waals surface area contributed by atoms with E-state index in [1.807, 2.05) is 0 Å². The number of amides is 2. The first kappa shape index (κ1) is 22.1. The van der Waals surface area contributed by atoms with E-state index in [0.29, 0.717) is 0 Å². The number of hydrogen-bond acceptors (Lipinski definition) is 4. The van der Waals surface area contributed by atoms with Crippen LogP contribution in [-0.4, -0.2) is 29.1 Å². The summed E-state index contributed by atoms with van der Waals surface area (Å²) in [7, 11) is 0. The molecule has 0 fully saturated rings. The number of benzene rings is 1. The third-order valence-electron chi connectivity index (χ3n) is 3.61. The number of carbonyl (C=O) groups is 2. The molecule has 2 aromatic rings. The predicted octanol–water partition coefficient (Wildman–Crippen LogP) is 4.06. The summed E-state index contributed by atoms with van der Waals surface area (Å²) in [5, 5.41) is 4.99. The first-order valence-electron chi connectivity index (χ1n) is 8.17. The van der Waals surface area contributed by atoms with Gasteiger partial charge in [0.05, 0.1) is 6.04 Å². The maximum absolute atomic E-state index is 13.1. The number of alkyl halides is 5. The molecule has 2 N–H and O–H groups in total. The van der Waals surface area contributed by atoms with Crippen molar-refractivity contribution in [2.75, 3.05) is 5.32 Å². The lowest BCUT2D eigenvalue weighted by molar-refractivity contribution is -0.360. The number of pyridine rings is 1. The topological polar surface area (TPSA) is 80.3 Å². The molecule has 1 aromatic heterocycles. The molecule has 1 aromatic carbocycles. The molecule has 2 amide bonds. The molecule has 11 heteroatoms. The Bertz CT molecular complexity index is 902. The number of halogens is 5. The minimum Gasteiger partial charge on any atom is -0.426 e. The fourth-order valence-electron chi connectivity index (χ4n) is 2.24. The molecule has 29 heavy (non-hydrogen) atoms. The smallest absolute Gasteiger partial charge is 0.426 e. The number of anilines is 1. The van der Waals surface area contributed by atoms with E-state index < -0.39 is 30.0 Å². The lowest BCUT2D eigenvalue weighted by Gasteiger charge is -2.21. The standard InChI is InChI=1S/C18H16F5N3O3/c1-10(25-16(28)13-6-7-24-15(9-13)26-11(2)27)12-4-3-5-14(8-12)29-18(22,23)17(19,20)21/h3-10H,1-2H3,(H,25,28)(H,24,26,27). The fraction of sp³-hybridized carbons (Fsp3) is 0.278. The van der Waals surface area contributed by atoms with Gasteiger partial charge in [-0.25, -0.2) is 4.98 Å². The highest BCUT2D eigenvalue weighted by Crippen LogP contribution is 2.37. The summed E-state index contributed by atoms with van der Waals surface area (Å²) in [6.45, 7) is 2.78. The maximum atomic E-state index is 13.1. The van der Waals surface area contributed by atoms with Crippen LogP contribution in [0.5, 0.6) is 5.75 Å². The van der Waals surface area contributed by atoms with Gasteiger partial charge in [-0.15, -0.1) is 0 Å². The number of aromatic nitrogens is 1. The minimum absolute atomic E-state index is 0.155.